The smallest absolute Gasteiger partial charge is 0.141 e. The molecule has 0 fully saturated rings. The van der Waals surface area contributed by atoms with Gasteiger partial charge in [-0.3, -0.25) is 0 Å². The van der Waals surface area contributed by atoms with Crippen molar-refractivity contribution >= 4 is 23.4 Å². The molecule has 0 radical (unpaired) electrons. The molecule has 1 amide bonds. The van der Waals surface area contributed by atoms with Gasteiger partial charge in [0.1, 0.15) is 11.8 Å². The molecule has 0 N–H and O–H groups in total. The van der Waals surface area contributed by atoms with E-state index < -0.39 is 6.09 Å². The summed E-state index contributed by atoms with van der Waals surface area (Å²) in [5, 5.41) is 11.8. The Labute approximate surface area is 128 Å². The van der Waals surface area contributed by atoms with Crippen LogP contribution >= 0.6 is 11.6 Å². The maximum absolute atomic E-state index is 11.3. The summed E-state index contributed by atoms with van der Waals surface area (Å²) in [5.41, 5.74) is 1.57. The number of ether oxygens (including phenoxy) is 1. The van der Waals surface area contributed by atoms with Crippen molar-refractivity contribution < 1.29 is 14.6 Å². The first-order valence-corrected chi connectivity index (χ1v) is 6.85. The Hall–Kier alpha value is -2.20. The van der Waals surface area contributed by atoms with E-state index in [-0.39, 0.29) is 0 Å². The molecule has 4 nitrogen and oxygen atoms in total. The Kier molecular flexibility index (Phi) is 5.06. The number of amides is 1. The quantitative estimate of drug-likeness (QED) is 0.853. The lowest BCUT2D eigenvalue weighted by Crippen LogP contribution is -2.42. The van der Waals surface area contributed by atoms with Crippen LogP contribution in [0.3, 0.4) is 0 Å². The Morgan fingerprint density at radius 3 is 2.29 bits per heavy atom. The number of benzene rings is 2. The third kappa shape index (κ3) is 4.13. The van der Waals surface area contributed by atoms with E-state index in [0.717, 1.165) is 11.3 Å². The Bertz CT molecular complexity index is 596. The van der Waals surface area contributed by atoms with Gasteiger partial charge in [0, 0.05) is 17.3 Å². The first-order valence-electron chi connectivity index (χ1n) is 6.47. The van der Waals surface area contributed by atoms with E-state index in [9.17, 15) is 9.90 Å². The normalized spacial score (nSPS) is 10.2. The molecule has 2 aromatic carbocycles. The highest BCUT2D eigenvalue weighted by Crippen LogP contribution is 2.19. The van der Waals surface area contributed by atoms with E-state index in [4.69, 9.17) is 16.3 Å². The first-order chi connectivity index (χ1) is 10.1. The van der Waals surface area contributed by atoms with Gasteiger partial charge in [0.15, 0.2) is 0 Å². The van der Waals surface area contributed by atoms with Crippen molar-refractivity contribution in [3.8, 4) is 5.75 Å². The SMILES string of the molecule is COc1ccc(CCN(C(=O)[O-])c2ccc(Cl)cc2)cc1. The Morgan fingerprint density at radius 1 is 1.14 bits per heavy atom. The zero-order valence-electron chi connectivity index (χ0n) is 11.6. The minimum absolute atomic E-state index is 0.316. The third-order valence-corrected chi connectivity index (χ3v) is 3.39. The van der Waals surface area contributed by atoms with Crippen molar-refractivity contribution in [1.29, 1.82) is 0 Å². The molecule has 0 aliphatic heterocycles. The summed E-state index contributed by atoms with van der Waals surface area (Å²) >= 11 is 5.80. The minimum atomic E-state index is -1.23. The number of hydrogen-bond donors (Lipinski definition) is 0. The van der Waals surface area contributed by atoms with Crippen molar-refractivity contribution in [3.63, 3.8) is 0 Å². The van der Waals surface area contributed by atoms with Crippen LogP contribution in [0.15, 0.2) is 48.5 Å². The number of methoxy groups -OCH3 is 1. The molecule has 2 aromatic rings. The fraction of sp³-hybridized carbons (Fsp3) is 0.188. The number of anilines is 1. The summed E-state index contributed by atoms with van der Waals surface area (Å²) in [4.78, 5) is 12.5. The maximum Gasteiger partial charge on any atom is 0.141 e. The molecule has 0 aromatic heterocycles. The molecule has 0 heterocycles. The van der Waals surface area contributed by atoms with Gasteiger partial charge >= 0.3 is 0 Å². The summed E-state index contributed by atoms with van der Waals surface area (Å²) in [6.45, 7) is 0.316. The van der Waals surface area contributed by atoms with Crippen LogP contribution < -0.4 is 14.7 Å². The summed E-state index contributed by atoms with van der Waals surface area (Å²) in [5.74, 6) is 0.771. The highest BCUT2D eigenvalue weighted by Gasteiger charge is 2.08. The maximum atomic E-state index is 11.3. The first kappa shape index (κ1) is 15.2. The molecule has 0 saturated heterocycles. The van der Waals surface area contributed by atoms with Gasteiger partial charge in [-0.25, -0.2) is 0 Å². The molecule has 0 saturated carbocycles. The summed E-state index contributed by atoms with van der Waals surface area (Å²) < 4.78 is 5.09. The number of carbonyl (C=O) groups is 1. The number of halogens is 1. The molecule has 0 aliphatic carbocycles. The molecular weight excluding hydrogens is 290 g/mol. The second kappa shape index (κ2) is 6.99. The van der Waals surface area contributed by atoms with Crippen LogP contribution in [0.25, 0.3) is 0 Å². The average Bonchev–Trinajstić information content (AvgIpc) is 2.49. The van der Waals surface area contributed by atoms with Crippen LogP contribution in [-0.2, 0) is 6.42 Å². The Balaban J connectivity index is 2.06. The van der Waals surface area contributed by atoms with Crippen LogP contribution in [0.2, 0.25) is 5.02 Å². The van der Waals surface area contributed by atoms with Crippen molar-refractivity contribution in [2.75, 3.05) is 18.6 Å². The molecule has 0 spiro atoms. The molecule has 0 bridgehead atoms. The zero-order chi connectivity index (χ0) is 15.2. The minimum Gasteiger partial charge on any atom is -0.530 e. The van der Waals surface area contributed by atoms with Crippen LogP contribution in [0, 0.1) is 0 Å². The summed E-state index contributed by atoms with van der Waals surface area (Å²) in [6, 6.07) is 14.1. The van der Waals surface area contributed by atoms with E-state index in [1.54, 1.807) is 31.4 Å². The highest BCUT2D eigenvalue weighted by atomic mass is 35.5. The van der Waals surface area contributed by atoms with Crippen molar-refractivity contribution in [2.24, 2.45) is 0 Å². The van der Waals surface area contributed by atoms with Gasteiger partial charge in [-0.05, 0) is 48.4 Å². The van der Waals surface area contributed by atoms with E-state index in [2.05, 4.69) is 0 Å². The fourth-order valence-corrected chi connectivity index (χ4v) is 2.11. The van der Waals surface area contributed by atoms with Crippen molar-refractivity contribution in [2.45, 2.75) is 6.42 Å². The van der Waals surface area contributed by atoms with E-state index >= 15 is 0 Å². The van der Waals surface area contributed by atoms with Crippen molar-refractivity contribution in [1.82, 2.24) is 0 Å². The van der Waals surface area contributed by atoms with Crippen LogP contribution in [0.5, 0.6) is 5.75 Å². The van der Waals surface area contributed by atoms with Crippen LogP contribution in [-0.4, -0.2) is 19.7 Å². The monoisotopic (exact) mass is 304 g/mol. The number of hydrogen-bond acceptors (Lipinski definition) is 3. The van der Waals surface area contributed by atoms with E-state index in [1.807, 2.05) is 24.3 Å². The second-order valence-electron chi connectivity index (χ2n) is 4.49. The molecular formula is C16H15ClNO3-. The summed E-state index contributed by atoms with van der Waals surface area (Å²) in [7, 11) is 1.60. The van der Waals surface area contributed by atoms with Gasteiger partial charge in [-0.2, -0.15) is 0 Å². The lowest BCUT2D eigenvalue weighted by molar-refractivity contribution is -0.246. The predicted molar refractivity (Wildman–Crippen MR) is 80.9 cm³/mol. The predicted octanol–water partition coefficient (Wildman–Crippen LogP) is 2.74. The van der Waals surface area contributed by atoms with Gasteiger partial charge in [0.2, 0.25) is 0 Å². The van der Waals surface area contributed by atoms with Gasteiger partial charge in [0.25, 0.3) is 0 Å². The molecule has 0 aliphatic rings. The molecule has 0 atom stereocenters. The van der Waals surface area contributed by atoms with Gasteiger partial charge in [-0.15, -0.1) is 0 Å². The molecule has 0 unspecified atom stereocenters. The van der Waals surface area contributed by atoms with Gasteiger partial charge < -0.3 is 19.5 Å². The van der Waals surface area contributed by atoms with E-state index in [1.165, 1.54) is 4.90 Å². The summed E-state index contributed by atoms with van der Waals surface area (Å²) in [6.07, 6.45) is -0.647. The molecule has 110 valence electrons. The van der Waals surface area contributed by atoms with E-state index in [0.29, 0.717) is 23.7 Å². The van der Waals surface area contributed by atoms with Crippen molar-refractivity contribution in [3.05, 3.63) is 59.1 Å². The fourth-order valence-electron chi connectivity index (χ4n) is 1.98. The molecule has 2 rings (SSSR count). The molecule has 21 heavy (non-hydrogen) atoms. The van der Waals surface area contributed by atoms with Crippen LogP contribution in [0.1, 0.15) is 5.56 Å². The number of nitrogens with zero attached hydrogens (tertiary/aromatic N) is 1. The topological polar surface area (TPSA) is 52.6 Å². The number of carboxylic acid groups (broad SMARTS) is 1. The average molecular weight is 305 g/mol. The largest absolute Gasteiger partial charge is 0.530 e. The van der Waals surface area contributed by atoms with Gasteiger partial charge in [0.05, 0.1) is 7.11 Å². The van der Waals surface area contributed by atoms with Crippen LogP contribution in [0.4, 0.5) is 10.5 Å². The Morgan fingerprint density at radius 2 is 1.76 bits per heavy atom. The standard InChI is InChI=1S/C16H16ClNO3/c1-21-15-8-2-12(3-9-15)10-11-18(16(19)20)14-6-4-13(17)5-7-14/h2-9H,10-11H2,1H3,(H,19,20)/p-1. The lowest BCUT2D eigenvalue weighted by atomic mass is 10.1. The molecule has 5 heteroatoms. The highest BCUT2D eigenvalue weighted by molar-refractivity contribution is 6.30. The third-order valence-electron chi connectivity index (χ3n) is 3.14. The zero-order valence-corrected chi connectivity index (χ0v) is 12.3. The number of rotatable bonds is 5. The lowest BCUT2D eigenvalue weighted by Gasteiger charge is -2.25. The second-order valence-corrected chi connectivity index (χ2v) is 4.93. The van der Waals surface area contributed by atoms with Gasteiger partial charge in [-0.1, -0.05) is 23.7 Å². The number of carbonyl (C=O) groups excluding carboxylic acids is 1.